The average Bonchev–Trinajstić information content (AvgIpc) is 2.12. The zero-order valence-corrected chi connectivity index (χ0v) is 12.6. The minimum Gasteiger partial charge on any atom is -0.372 e. The van der Waals surface area contributed by atoms with Crippen LogP contribution in [-0.4, -0.2) is 40.6 Å². The summed E-state index contributed by atoms with van der Waals surface area (Å²) in [7, 11) is 0. The van der Waals surface area contributed by atoms with Crippen LogP contribution in [0.2, 0.25) is 0 Å². The minimum absolute atomic E-state index is 0.0961. The lowest BCUT2D eigenvalue weighted by Gasteiger charge is -2.57. The van der Waals surface area contributed by atoms with Gasteiger partial charge >= 0.3 is 0 Å². The smallest absolute Gasteiger partial charge is 0.0907 e. The van der Waals surface area contributed by atoms with Gasteiger partial charge in [-0.2, -0.15) is 11.8 Å². The molecule has 2 aliphatic heterocycles. The van der Waals surface area contributed by atoms with Crippen molar-refractivity contribution in [3.05, 3.63) is 12.3 Å². The first-order valence-electron chi connectivity index (χ1n) is 6.41. The van der Waals surface area contributed by atoms with E-state index in [1.54, 1.807) is 0 Å². The van der Waals surface area contributed by atoms with Gasteiger partial charge in [0, 0.05) is 35.7 Å². The van der Waals surface area contributed by atoms with Gasteiger partial charge in [-0.1, -0.05) is 20.4 Å². The lowest BCUT2D eigenvalue weighted by Crippen LogP contribution is -2.63. The van der Waals surface area contributed by atoms with E-state index in [1.807, 2.05) is 11.8 Å². The van der Waals surface area contributed by atoms with E-state index in [9.17, 15) is 0 Å². The van der Waals surface area contributed by atoms with Gasteiger partial charge in [-0.3, -0.25) is 0 Å². The fraction of sp³-hybridized carbons (Fsp3) is 0.846. The summed E-state index contributed by atoms with van der Waals surface area (Å²) in [5.74, 6) is 4.59. The number of nitrogens with zero attached hydrogens (tertiary/aromatic N) is 1. The maximum atomic E-state index is 6.18. The van der Waals surface area contributed by atoms with Gasteiger partial charge in [0.25, 0.3) is 0 Å². The second-order valence-electron chi connectivity index (χ2n) is 5.81. The fourth-order valence-electron chi connectivity index (χ4n) is 2.25. The number of hydrogen-bond acceptors (Lipinski definition) is 4. The van der Waals surface area contributed by atoms with Crippen molar-refractivity contribution in [1.29, 1.82) is 0 Å². The molecule has 2 aliphatic rings. The Morgan fingerprint density at radius 2 is 2.12 bits per heavy atom. The van der Waals surface area contributed by atoms with E-state index in [0.29, 0.717) is 5.41 Å². The Bertz CT molecular complexity index is 279. The molecule has 1 unspecified atom stereocenters. The molecule has 2 saturated heterocycles. The van der Waals surface area contributed by atoms with E-state index >= 15 is 0 Å². The normalized spacial score (nSPS) is 23.4. The topological polar surface area (TPSA) is 29.3 Å². The third-order valence-electron chi connectivity index (χ3n) is 3.60. The molecular weight excluding hydrogens is 248 g/mol. The van der Waals surface area contributed by atoms with Crippen LogP contribution in [0.1, 0.15) is 20.3 Å². The second-order valence-corrected chi connectivity index (χ2v) is 8.05. The van der Waals surface area contributed by atoms with Crippen molar-refractivity contribution in [2.24, 2.45) is 17.1 Å². The van der Waals surface area contributed by atoms with Crippen molar-refractivity contribution >= 4 is 23.5 Å². The molecule has 0 amide bonds. The number of thioether (sulfide) groups is 2. The van der Waals surface area contributed by atoms with Crippen LogP contribution in [0.3, 0.4) is 0 Å². The summed E-state index contributed by atoms with van der Waals surface area (Å²) in [6, 6.07) is 0. The van der Waals surface area contributed by atoms with Crippen LogP contribution in [-0.2, 0) is 0 Å². The maximum Gasteiger partial charge on any atom is 0.0907 e. The maximum absolute atomic E-state index is 6.18. The highest BCUT2D eigenvalue weighted by atomic mass is 32.2. The highest BCUT2D eigenvalue weighted by Crippen LogP contribution is 2.46. The Kier molecular flexibility index (Phi) is 4.37. The molecule has 4 heteroatoms. The molecule has 0 saturated carbocycles. The summed E-state index contributed by atoms with van der Waals surface area (Å²) in [6.07, 6.45) is 1.24. The molecule has 2 rings (SSSR count). The SMILES string of the molecule is C=C(C(N)SCCC(C)C)N1CC2(CSC2)C1. The highest BCUT2D eigenvalue weighted by molar-refractivity contribution is 8.00. The standard InChI is InChI=1S/C13H24N2S2/c1-10(2)4-5-17-12(14)11(3)15-6-13(7-15)8-16-9-13/h10,12H,3-9,14H2,1-2H3. The van der Waals surface area contributed by atoms with E-state index in [1.165, 1.54) is 31.0 Å². The molecule has 2 heterocycles. The molecule has 17 heavy (non-hydrogen) atoms. The number of nitrogens with two attached hydrogens (primary N) is 1. The molecule has 0 radical (unpaired) electrons. The molecule has 0 bridgehead atoms. The van der Waals surface area contributed by atoms with Crippen molar-refractivity contribution in [2.75, 3.05) is 30.3 Å². The first-order chi connectivity index (χ1) is 8.02. The van der Waals surface area contributed by atoms with Crippen molar-refractivity contribution in [2.45, 2.75) is 25.6 Å². The molecule has 98 valence electrons. The summed E-state index contributed by atoms with van der Waals surface area (Å²) in [6.45, 7) is 11.1. The van der Waals surface area contributed by atoms with Crippen molar-refractivity contribution in [3.63, 3.8) is 0 Å². The summed E-state index contributed by atoms with van der Waals surface area (Å²) in [5.41, 5.74) is 7.95. The Hall–Kier alpha value is 0.200. The predicted octanol–water partition coefficient (Wildman–Crippen LogP) is 2.61. The zero-order chi connectivity index (χ0) is 12.5. The van der Waals surface area contributed by atoms with Crippen molar-refractivity contribution in [3.8, 4) is 0 Å². The quantitative estimate of drug-likeness (QED) is 0.753. The Morgan fingerprint density at radius 3 is 2.59 bits per heavy atom. The van der Waals surface area contributed by atoms with Gasteiger partial charge < -0.3 is 10.6 Å². The van der Waals surface area contributed by atoms with Gasteiger partial charge in [-0.05, 0) is 18.1 Å². The molecule has 1 atom stereocenters. The van der Waals surface area contributed by atoms with Gasteiger partial charge in [0.15, 0.2) is 0 Å². The van der Waals surface area contributed by atoms with Crippen molar-refractivity contribution in [1.82, 2.24) is 4.90 Å². The molecule has 2 N–H and O–H groups in total. The number of likely N-dealkylation sites (tertiary alicyclic amines) is 1. The van der Waals surface area contributed by atoms with Crippen LogP contribution in [0.25, 0.3) is 0 Å². The van der Waals surface area contributed by atoms with E-state index in [-0.39, 0.29) is 5.37 Å². The molecule has 0 aromatic rings. The number of hydrogen-bond donors (Lipinski definition) is 1. The molecule has 1 spiro atoms. The molecule has 2 fully saturated rings. The Morgan fingerprint density at radius 1 is 1.47 bits per heavy atom. The van der Waals surface area contributed by atoms with Crippen LogP contribution >= 0.6 is 23.5 Å². The van der Waals surface area contributed by atoms with Crippen LogP contribution < -0.4 is 5.73 Å². The number of rotatable bonds is 6. The van der Waals surface area contributed by atoms with E-state index < -0.39 is 0 Å². The zero-order valence-electron chi connectivity index (χ0n) is 10.9. The first-order valence-corrected chi connectivity index (χ1v) is 8.61. The van der Waals surface area contributed by atoms with Crippen LogP contribution in [0.4, 0.5) is 0 Å². The molecular formula is C13H24N2S2. The average molecular weight is 272 g/mol. The monoisotopic (exact) mass is 272 g/mol. The lowest BCUT2D eigenvalue weighted by atomic mass is 9.82. The summed E-state index contributed by atoms with van der Waals surface area (Å²) in [5, 5.41) is 0.0961. The first kappa shape index (κ1) is 13.6. The Labute approximate surface area is 114 Å². The molecule has 0 aromatic carbocycles. The second kappa shape index (κ2) is 5.45. The van der Waals surface area contributed by atoms with Crippen LogP contribution in [0, 0.1) is 11.3 Å². The largest absolute Gasteiger partial charge is 0.372 e. The van der Waals surface area contributed by atoms with Gasteiger partial charge in [-0.25, -0.2) is 0 Å². The Balaban J connectivity index is 1.66. The van der Waals surface area contributed by atoms with E-state index in [0.717, 1.165) is 17.4 Å². The predicted molar refractivity (Wildman–Crippen MR) is 80.4 cm³/mol. The summed E-state index contributed by atoms with van der Waals surface area (Å²) >= 11 is 3.91. The van der Waals surface area contributed by atoms with Gasteiger partial charge in [0.05, 0.1) is 5.37 Å². The molecule has 0 aromatic heterocycles. The summed E-state index contributed by atoms with van der Waals surface area (Å²) < 4.78 is 0. The highest BCUT2D eigenvalue weighted by Gasteiger charge is 2.48. The summed E-state index contributed by atoms with van der Waals surface area (Å²) in [4.78, 5) is 2.38. The van der Waals surface area contributed by atoms with Gasteiger partial charge in [-0.15, -0.1) is 11.8 Å². The third kappa shape index (κ3) is 3.15. The van der Waals surface area contributed by atoms with E-state index in [4.69, 9.17) is 5.73 Å². The van der Waals surface area contributed by atoms with Crippen LogP contribution in [0.15, 0.2) is 12.3 Å². The van der Waals surface area contributed by atoms with Gasteiger partial charge in [0.1, 0.15) is 0 Å². The lowest BCUT2D eigenvalue weighted by molar-refractivity contribution is 0.0610. The minimum atomic E-state index is 0.0961. The van der Waals surface area contributed by atoms with Crippen LogP contribution in [0.5, 0.6) is 0 Å². The van der Waals surface area contributed by atoms with Gasteiger partial charge in [0.2, 0.25) is 0 Å². The van der Waals surface area contributed by atoms with Crippen molar-refractivity contribution < 1.29 is 0 Å². The fourth-order valence-corrected chi connectivity index (χ4v) is 4.60. The molecule has 2 nitrogen and oxygen atoms in total. The third-order valence-corrected chi connectivity index (χ3v) is 6.33. The molecule has 0 aliphatic carbocycles. The van der Waals surface area contributed by atoms with E-state index in [2.05, 4.69) is 37.1 Å².